The number of nitrogens with zero attached hydrogens (tertiary/aromatic N) is 2. The Morgan fingerprint density at radius 3 is 2.39 bits per heavy atom. The Balaban J connectivity index is 3.24. The zero-order chi connectivity index (χ0) is 13.9. The zero-order valence-electron chi connectivity index (χ0n) is 11.7. The summed E-state index contributed by atoms with van der Waals surface area (Å²) in [5, 5.41) is 0. The van der Waals surface area contributed by atoms with E-state index in [1.807, 2.05) is 0 Å². The van der Waals surface area contributed by atoms with Crippen LogP contribution in [-0.4, -0.2) is 17.1 Å². The van der Waals surface area contributed by atoms with Gasteiger partial charge in [-0.05, 0) is 34.4 Å². The van der Waals surface area contributed by atoms with E-state index in [0.717, 1.165) is 22.1 Å². The summed E-state index contributed by atoms with van der Waals surface area (Å²) in [4.78, 5) is 9.02. The first-order valence-corrected chi connectivity index (χ1v) is 7.23. The van der Waals surface area contributed by atoms with Crippen LogP contribution < -0.4 is 5.73 Å². The van der Waals surface area contributed by atoms with Gasteiger partial charge in [0.2, 0.25) is 0 Å². The molecule has 0 radical (unpaired) electrons. The van der Waals surface area contributed by atoms with E-state index in [4.69, 9.17) is 10.5 Å². The fourth-order valence-electron chi connectivity index (χ4n) is 1.90. The number of hydrogen-bond donors (Lipinski definition) is 1. The number of methoxy groups -OCH3 is 1. The quantitative estimate of drug-likeness (QED) is 0.834. The summed E-state index contributed by atoms with van der Waals surface area (Å²) < 4.78 is 6.51. The minimum atomic E-state index is -0.146. The Morgan fingerprint density at radius 2 is 1.94 bits per heavy atom. The average molecular weight is 363 g/mol. The number of rotatable bonds is 4. The number of ether oxygens (including phenoxy) is 1. The molecule has 1 atom stereocenters. The molecule has 0 spiro atoms. The van der Waals surface area contributed by atoms with Gasteiger partial charge >= 0.3 is 0 Å². The van der Waals surface area contributed by atoms with E-state index in [1.165, 1.54) is 0 Å². The van der Waals surface area contributed by atoms with E-state index in [-0.39, 0.29) is 11.5 Å². The summed E-state index contributed by atoms with van der Waals surface area (Å²) >= 11 is 2.21. The highest BCUT2D eigenvalue weighted by molar-refractivity contribution is 14.1. The first kappa shape index (κ1) is 15.6. The van der Waals surface area contributed by atoms with Crippen molar-refractivity contribution in [2.45, 2.75) is 46.6 Å². The Labute approximate surface area is 123 Å². The molecular formula is C13H22IN3O. The molecule has 0 amide bonds. The smallest absolute Gasteiger partial charge is 0.160 e. The molecule has 5 heteroatoms. The summed E-state index contributed by atoms with van der Waals surface area (Å²) in [6.45, 7) is 8.46. The summed E-state index contributed by atoms with van der Waals surface area (Å²) in [6, 6.07) is 0. The molecule has 1 aromatic rings. The molecule has 4 nitrogen and oxygen atoms in total. The minimum Gasteiger partial charge on any atom is -0.383 e. The van der Waals surface area contributed by atoms with Gasteiger partial charge in [-0.2, -0.15) is 0 Å². The van der Waals surface area contributed by atoms with Gasteiger partial charge in [-0.3, -0.25) is 0 Å². The van der Waals surface area contributed by atoms with E-state index >= 15 is 0 Å². The predicted octanol–water partition coefficient (Wildman–Crippen LogP) is 3.35. The first-order valence-electron chi connectivity index (χ1n) is 6.15. The number of halogens is 1. The fourth-order valence-corrected chi connectivity index (χ4v) is 2.41. The maximum Gasteiger partial charge on any atom is 0.160 e. The molecule has 2 N–H and O–H groups in total. The lowest BCUT2D eigenvalue weighted by Crippen LogP contribution is -2.23. The third-order valence-corrected chi connectivity index (χ3v) is 3.88. The third-order valence-electron chi connectivity index (χ3n) is 2.71. The van der Waals surface area contributed by atoms with Crippen molar-refractivity contribution < 1.29 is 4.74 Å². The summed E-state index contributed by atoms with van der Waals surface area (Å²) in [6.07, 6.45) is 1.81. The van der Waals surface area contributed by atoms with Crippen molar-refractivity contribution in [3.05, 3.63) is 15.1 Å². The van der Waals surface area contributed by atoms with Gasteiger partial charge in [0, 0.05) is 7.11 Å². The van der Waals surface area contributed by atoms with Crippen molar-refractivity contribution in [2.75, 3.05) is 12.8 Å². The van der Waals surface area contributed by atoms with Crippen molar-refractivity contribution >= 4 is 28.4 Å². The number of nitrogen functional groups attached to an aromatic ring is 1. The molecule has 1 aromatic heterocycles. The van der Waals surface area contributed by atoms with Crippen LogP contribution in [0.3, 0.4) is 0 Å². The fraction of sp³-hybridized carbons (Fsp3) is 0.692. The molecule has 0 fully saturated rings. The lowest BCUT2D eigenvalue weighted by atomic mass is 9.88. The normalized spacial score (nSPS) is 13.7. The summed E-state index contributed by atoms with van der Waals surface area (Å²) in [5.41, 5.74) is 6.94. The highest BCUT2D eigenvalue weighted by atomic mass is 127. The van der Waals surface area contributed by atoms with Crippen LogP contribution in [0.2, 0.25) is 0 Å². The lowest BCUT2D eigenvalue weighted by Gasteiger charge is -2.28. The van der Waals surface area contributed by atoms with Crippen LogP contribution in [0.1, 0.15) is 51.7 Å². The maximum absolute atomic E-state index is 5.97. The molecule has 1 unspecified atom stereocenters. The van der Waals surface area contributed by atoms with Gasteiger partial charge < -0.3 is 10.5 Å². The number of anilines is 1. The summed E-state index contributed by atoms with van der Waals surface area (Å²) in [7, 11) is 1.69. The van der Waals surface area contributed by atoms with Crippen LogP contribution in [-0.2, 0) is 11.2 Å². The predicted molar refractivity (Wildman–Crippen MR) is 82.4 cm³/mol. The van der Waals surface area contributed by atoms with Crippen LogP contribution >= 0.6 is 22.6 Å². The monoisotopic (exact) mass is 363 g/mol. The SMILES string of the molecule is CCCc1nc(C(OC)C(C)(C)C)nc(N)c1I. The van der Waals surface area contributed by atoms with Crippen LogP contribution in [0.15, 0.2) is 0 Å². The van der Waals surface area contributed by atoms with Crippen molar-refractivity contribution in [1.82, 2.24) is 9.97 Å². The maximum atomic E-state index is 5.97. The number of hydrogen-bond acceptors (Lipinski definition) is 4. The van der Waals surface area contributed by atoms with E-state index in [1.54, 1.807) is 7.11 Å². The Bertz CT molecular complexity index is 415. The van der Waals surface area contributed by atoms with Crippen molar-refractivity contribution in [1.29, 1.82) is 0 Å². The van der Waals surface area contributed by atoms with Crippen LogP contribution in [0.5, 0.6) is 0 Å². The van der Waals surface area contributed by atoms with E-state index in [9.17, 15) is 0 Å². The van der Waals surface area contributed by atoms with Crippen molar-refractivity contribution in [3.8, 4) is 0 Å². The Morgan fingerprint density at radius 1 is 1.33 bits per heavy atom. The Hall–Kier alpha value is -0.430. The number of aryl methyl sites for hydroxylation is 1. The molecule has 0 saturated heterocycles. The van der Waals surface area contributed by atoms with Gasteiger partial charge in [0.1, 0.15) is 11.9 Å². The number of nitrogens with two attached hydrogens (primary N) is 1. The molecule has 1 rings (SSSR count). The Kier molecular flexibility index (Phi) is 5.33. The highest BCUT2D eigenvalue weighted by Crippen LogP contribution is 2.34. The minimum absolute atomic E-state index is 0.0581. The molecule has 0 saturated carbocycles. The molecule has 0 aliphatic carbocycles. The van der Waals surface area contributed by atoms with Gasteiger partial charge in [-0.15, -0.1) is 0 Å². The topological polar surface area (TPSA) is 61.0 Å². The number of aromatic nitrogens is 2. The van der Waals surface area contributed by atoms with Gasteiger partial charge in [-0.1, -0.05) is 34.1 Å². The van der Waals surface area contributed by atoms with E-state index < -0.39 is 0 Å². The third kappa shape index (κ3) is 3.54. The van der Waals surface area contributed by atoms with Crippen LogP contribution in [0, 0.1) is 8.99 Å². The lowest BCUT2D eigenvalue weighted by molar-refractivity contribution is 0.00859. The van der Waals surface area contributed by atoms with E-state index in [0.29, 0.717) is 11.6 Å². The zero-order valence-corrected chi connectivity index (χ0v) is 13.9. The second-order valence-electron chi connectivity index (χ2n) is 5.46. The van der Waals surface area contributed by atoms with E-state index in [2.05, 4.69) is 60.3 Å². The molecule has 0 aliphatic rings. The van der Waals surface area contributed by atoms with Crippen LogP contribution in [0.25, 0.3) is 0 Å². The van der Waals surface area contributed by atoms with Gasteiger partial charge in [-0.25, -0.2) is 9.97 Å². The highest BCUT2D eigenvalue weighted by Gasteiger charge is 2.29. The standard InChI is InChI=1S/C13H22IN3O/c1-6-7-8-9(14)11(15)17-12(16-8)10(18-5)13(2,3)4/h10H,6-7H2,1-5H3,(H2,15,16,17). The molecule has 0 aromatic carbocycles. The van der Waals surface area contributed by atoms with Gasteiger partial charge in [0.25, 0.3) is 0 Å². The summed E-state index contributed by atoms with van der Waals surface area (Å²) in [5.74, 6) is 1.24. The molecular weight excluding hydrogens is 341 g/mol. The molecule has 18 heavy (non-hydrogen) atoms. The van der Waals surface area contributed by atoms with Gasteiger partial charge in [0.15, 0.2) is 5.82 Å². The molecule has 102 valence electrons. The average Bonchev–Trinajstić information content (AvgIpc) is 2.24. The van der Waals surface area contributed by atoms with Crippen LogP contribution in [0.4, 0.5) is 5.82 Å². The van der Waals surface area contributed by atoms with Gasteiger partial charge in [0.05, 0.1) is 9.26 Å². The second-order valence-corrected chi connectivity index (χ2v) is 6.54. The largest absolute Gasteiger partial charge is 0.383 e. The molecule has 0 aliphatic heterocycles. The second kappa shape index (κ2) is 6.14. The first-order chi connectivity index (χ1) is 8.31. The molecule has 0 bridgehead atoms. The molecule has 1 heterocycles. The van der Waals surface area contributed by atoms with Crippen molar-refractivity contribution in [2.24, 2.45) is 5.41 Å². The van der Waals surface area contributed by atoms with Crippen molar-refractivity contribution in [3.63, 3.8) is 0 Å².